The number of aliphatic hydroxyl groups is 1. The fraction of sp³-hybridized carbons (Fsp3) is 0.462. The van der Waals surface area contributed by atoms with E-state index in [1.54, 1.807) is 4.90 Å². The topological polar surface area (TPSA) is 61.8 Å². The van der Waals surface area contributed by atoms with Crippen LogP contribution < -0.4 is 5.32 Å². The molecule has 0 unspecified atom stereocenters. The molecule has 0 aliphatic carbocycles. The van der Waals surface area contributed by atoms with Crippen LogP contribution in [0.2, 0.25) is 0 Å². The third-order valence-electron chi connectivity index (χ3n) is 2.60. The zero-order valence-electron chi connectivity index (χ0n) is 11.2. The van der Waals surface area contributed by atoms with Crippen molar-refractivity contribution in [2.75, 3.05) is 45.3 Å². The molecule has 0 radical (unpaired) electrons. The average molecular weight is 288 g/mol. The smallest absolute Gasteiger partial charge is 0.238 e. The number of carbonyl (C=O) groups excluding carboxylic acids is 1. The summed E-state index contributed by atoms with van der Waals surface area (Å²) in [4.78, 5) is 13.4. The van der Waals surface area contributed by atoms with Crippen molar-refractivity contribution in [2.45, 2.75) is 0 Å². The molecule has 1 amide bonds. The summed E-state index contributed by atoms with van der Waals surface area (Å²) in [6, 6.07) is 2.84. The lowest BCUT2D eigenvalue weighted by Crippen LogP contribution is -2.37. The maximum atomic E-state index is 13.4. The lowest BCUT2D eigenvalue weighted by atomic mass is 10.3. The summed E-state index contributed by atoms with van der Waals surface area (Å²) >= 11 is 0. The van der Waals surface area contributed by atoms with E-state index in [0.29, 0.717) is 19.7 Å². The first-order chi connectivity index (χ1) is 9.56. The van der Waals surface area contributed by atoms with Crippen LogP contribution in [0.3, 0.4) is 0 Å². The number of rotatable bonds is 8. The van der Waals surface area contributed by atoms with Crippen LogP contribution in [0.4, 0.5) is 14.5 Å². The van der Waals surface area contributed by atoms with E-state index >= 15 is 0 Å². The quantitative estimate of drug-likeness (QED) is 0.744. The van der Waals surface area contributed by atoms with Gasteiger partial charge in [-0.15, -0.1) is 0 Å². The van der Waals surface area contributed by atoms with Gasteiger partial charge >= 0.3 is 0 Å². The number of aliphatic hydroxyl groups excluding tert-OH is 1. The number of amides is 1. The molecular formula is C13H18F2N2O3. The minimum absolute atomic E-state index is 0.0418. The summed E-state index contributed by atoms with van der Waals surface area (Å²) in [6.07, 6.45) is 0. The Balaban J connectivity index is 2.58. The molecule has 0 saturated carbocycles. The van der Waals surface area contributed by atoms with E-state index in [9.17, 15) is 13.6 Å². The van der Waals surface area contributed by atoms with Gasteiger partial charge in [-0.25, -0.2) is 8.78 Å². The summed E-state index contributed by atoms with van der Waals surface area (Å²) in [7, 11) is 1.53. The largest absolute Gasteiger partial charge is 0.395 e. The van der Waals surface area contributed by atoms with Crippen LogP contribution in [0.15, 0.2) is 18.2 Å². The number of hydrogen-bond donors (Lipinski definition) is 2. The van der Waals surface area contributed by atoms with Gasteiger partial charge in [-0.1, -0.05) is 0 Å². The monoisotopic (exact) mass is 288 g/mol. The van der Waals surface area contributed by atoms with Gasteiger partial charge < -0.3 is 15.2 Å². The number of anilines is 1. The molecule has 0 heterocycles. The number of ether oxygens (including phenoxy) is 1. The lowest BCUT2D eigenvalue weighted by molar-refractivity contribution is -0.117. The fourth-order valence-electron chi connectivity index (χ4n) is 1.62. The number of methoxy groups -OCH3 is 1. The summed E-state index contributed by atoms with van der Waals surface area (Å²) in [5.74, 6) is -1.82. The molecule has 112 valence electrons. The van der Waals surface area contributed by atoms with Gasteiger partial charge in [0.15, 0.2) is 0 Å². The normalized spacial score (nSPS) is 10.8. The first-order valence-corrected chi connectivity index (χ1v) is 6.14. The van der Waals surface area contributed by atoms with Crippen LogP contribution in [-0.2, 0) is 9.53 Å². The van der Waals surface area contributed by atoms with Crippen molar-refractivity contribution in [3.05, 3.63) is 29.8 Å². The van der Waals surface area contributed by atoms with E-state index in [-0.39, 0.29) is 18.8 Å². The maximum absolute atomic E-state index is 13.4. The van der Waals surface area contributed by atoms with E-state index in [2.05, 4.69) is 5.32 Å². The number of carbonyl (C=O) groups is 1. The second-order valence-corrected chi connectivity index (χ2v) is 4.16. The van der Waals surface area contributed by atoms with Gasteiger partial charge in [0.2, 0.25) is 5.91 Å². The van der Waals surface area contributed by atoms with E-state index < -0.39 is 17.5 Å². The SMILES string of the molecule is COCCN(CCO)CC(=O)Nc1cc(F)ccc1F. The van der Waals surface area contributed by atoms with Gasteiger partial charge in [0, 0.05) is 26.3 Å². The fourth-order valence-corrected chi connectivity index (χ4v) is 1.62. The van der Waals surface area contributed by atoms with Crippen molar-refractivity contribution in [2.24, 2.45) is 0 Å². The number of nitrogens with zero attached hydrogens (tertiary/aromatic N) is 1. The molecule has 0 fully saturated rings. The Morgan fingerprint density at radius 2 is 2.15 bits per heavy atom. The second-order valence-electron chi connectivity index (χ2n) is 4.16. The first kappa shape index (κ1) is 16.5. The number of nitrogens with one attached hydrogen (secondary N) is 1. The van der Waals surface area contributed by atoms with E-state index in [1.807, 2.05) is 0 Å². The zero-order chi connectivity index (χ0) is 15.0. The molecule has 1 aromatic carbocycles. The summed E-state index contributed by atoms with van der Waals surface area (Å²) in [6.45, 7) is 1.01. The van der Waals surface area contributed by atoms with Crippen LogP contribution >= 0.6 is 0 Å². The van der Waals surface area contributed by atoms with Gasteiger partial charge in [-0.05, 0) is 12.1 Å². The Morgan fingerprint density at radius 3 is 2.80 bits per heavy atom. The summed E-state index contributed by atoms with van der Waals surface area (Å²) in [5, 5.41) is 11.2. The van der Waals surface area contributed by atoms with E-state index in [0.717, 1.165) is 18.2 Å². The molecule has 5 nitrogen and oxygen atoms in total. The van der Waals surface area contributed by atoms with Crippen LogP contribution in [0.1, 0.15) is 0 Å². The Morgan fingerprint density at radius 1 is 1.40 bits per heavy atom. The standard InChI is InChI=1S/C13H18F2N2O3/c1-20-7-5-17(4-6-18)9-13(19)16-12-8-10(14)2-3-11(12)15/h2-3,8,18H,4-7,9H2,1H3,(H,16,19). The Labute approximate surface area is 116 Å². The second kappa shape index (κ2) is 8.57. The van der Waals surface area contributed by atoms with Crippen LogP contribution in [0.25, 0.3) is 0 Å². The Hall–Kier alpha value is -1.57. The molecule has 2 N–H and O–H groups in total. The predicted octanol–water partition coefficient (Wildman–Crippen LogP) is 0.844. The lowest BCUT2D eigenvalue weighted by Gasteiger charge is -2.20. The van der Waals surface area contributed by atoms with Crippen molar-refractivity contribution >= 4 is 11.6 Å². The summed E-state index contributed by atoms with van der Waals surface area (Å²) < 4.78 is 31.2. The molecule has 7 heteroatoms. The molecule has 1 rings (SSSR count). The van der Waals surface area contributed by atoms with Crippen LogP contribution in [0, 0.1) is 11.6 Å². The summed E-state index contributed by atoms with van der Waals surface area (Å²) in [5.41, 5.74) is -0.203. The first-order valence-electron chi connectivity index (χ1n) is 6.14. The molecule has 0 atom stereocenters. The molecule has 0 aliphatic heterocycles. The maximum Gasteiger partial charge on any atom is 0.238 e. The molecule has 0 spiro atoms. The number of benzene rings is 1. The Kier molecular flexibility index (Phi) is 7.06. The van der Waals surface area contributed by atoms with Gasteiger partial charge in [-0.2, -0.15) is 0 Å². The highest BCUT2D eigenvalue weighted by Crippen LogP contribution is 2.15. The van der Waals surface area contributed by atoms with Crippen molar-refractivity contribution < 1.29 is 23.4 Å². The highest BCUT2D eigenvalue weighted by atomic mass is 19.1. The zero-order valence-corrected chi connectivity index (χ0v) is 11.2. The van der Waals surface area contributed by atoms with Gasteiger partial charge in [0.05, 0.1) is 25.4 Å². The molecule has 0 aromatic heterocycles. The van der Waals surface area contributed by atoms with Gasteiger partial charge in [-0.3, -0.25) is 9.69 Å². The molecule has 20 heavy (non-hydrogen) atoms. The van der Waals surface area contributed by atoms with E-state index in [4.69, 9.17) is 9.84 Å². The van der Waals surface area contributed by atoms with Crippen LogP contribution in [-0.4, -0.2) is 55.9 Å². The molecule has 1 aromatic rings. The van der Waals surface area contributed by atoms with Crippen molar-refractivity contribution in [1.82, 2.24) is 4.90 Å². The van der Waals surface area contributed by atoms with Crippen molar-refractivity contribution in [3.8, 4) is 0 Å². The molecule has 0 aliphatic rings. The third-order valence-corrected chi connectivity index (χ3v) is 2.60. The van der Waals surface area contributed by atoms with E-state index in [1.165, 1.54) is 7.11 Å². The highest BCUT2D eigenvalue weighted by molar-refractivity contribution is 5.92. The highest BCUT2D eigenvalue weighted by Gasteiger charge is 2.12. The third kappa shape index (κ3) is 5.60. The van der Waals surface area contributed by atoms with Crippen LogP contribution in [0.5, 0.6) is 0 Å². The average Bonchev–Trinajstić information content (AvgIpc) is 2.40. The minimum Gasteiger partial charge on any atom is -0.395 e. The number of hydrogen-bond acceptors (Lipinski definition) is 4. The molecule has 0 bridgehead atoms. The van der Waals surface area contributed by atoms with Gasteiger partial charge in [0.1, 0.15) is 11.6 Å². The van der Waals surface area contributed by atoms with Gasteiger partial charge in [0.25, 0.3) is 0 Å². The predicted molar refractivity (Wildman–Crippen MR) is 70.4 cm³/mol. The molecular weight excluding hydrogens is 270 g/mol. The molecule has 0 saturated heterocycles. The Bertz CT molecular complexity index is 444. The minimum atomic E-state index is -0.703. The van der Waals surface area contributed by atoms with Crippen molar-refractivity contribution in [3.63, 3.8) is 0 Å². The van der Waals surface area contributed by atoms with Crippen molar-refractivity contribution in [1.29, 1.82) is 0 Å². The number of halogens is 2.